The molecule has 1 nitrogen and oxygen atoms in total. The Morgan fingerprint density at radius 1 is 1.10 bits per heavy atom. The molecule has 1 aliphatic carbocycles. The van der Waals surface area contributed by atoms with Crippen LogP contribution in [0.2, 0.25) is 5.02 Å². The maximum Gasteiger partial charge on any atom is 0.0536 e. The molecule has 110 valence electrons. The molecule has 20 heavy (non-hydrogen) atoms. The van der Waals surface area contributed by atoms with Crippen molar-refractivity contribution in [1.82, 2.24) is 5.32 Å². The quantitative estimate of drug-likeness (QED) is 0.690. The van der Waals surface area contributed by atoms with Crippen LogP contribution in [0.25, 0.3) is 0 Å². The predicted octanol–water partition coefficient (Wildman–Crippen LogP) is 5.66. The molecule has 1 N–H and O–H groups in total. The van der Waals surface area contributed by atoms with Crippen LogP contribution >= 0.6 is 11.6 Å². The van der Waals surface area contributed by atoms with Crippen molar-refractivity contribution in [3.63, 3.8) is 0 Å². The van der Waals surface area contributed by atoms with Crippen LogP contribution in [-0.2, 0) is 0 Å². The zero-order chi connectivity index (χ0) is 14.2. The third kappa shape index (κ3) is 4.64. The maximum atomic E-state index is 6.02. The van der Waals surface area contributed by atoms with Crippen molar-refractivity contribution in [2.24, 2.45) is 0 Å². The standard InChI is InChI=1S/C18H26ClN/c1-2-14-20-18(16-10-12-17(19)13-11-16)15-8-6-4-3-5-7-9-15/h8,10-13,18,20H,2-7,9,14H2,1H3/b15-8+. The van der Waals surface area contributed by atoms with E-state index < -0.39 is 0 Å². The first-order chi connectivity index (χ1) is 9.81. The Morgan fingerprint density at radius 2 is 1.85 bits per heavy atom. The average molecular weight is 292 g/mol. The van der Waals surface area contributed by atoms with Gasteiger partial charge in [0.25, 0.3) is 0 Å². The molecule has 0 spiro atoms. The maximum absolute atomic E-state index is 6.02. The molecule has 1 aromatic carbocycles. The summed E-state index contributed by atoms with van der Waals surface area (Å²) in [6, 6.07) is 8.69. The zero-order valence-corrected chi connectivity index (χ0v) is 13.3. The molecular weight excluding hydrogens is 266 g/mol. The lowest BCUT2D eigenvalue weighted by atomic mass is 9.91. The second-order valence-corrected chi connectivity index (χ2v) is 6.11. The molecule has 0 aliphatic heterocycles. The van der Waals surface area contributed by atoms with Gasteiger partial charge in [0, 0.05) is 5.02 Å². The Morgan fingerprint density at radius 3 is 2.60 bits per heavy atom. The first-order valence-corrected chi connectivity index (χ1v) is 8.37. The zero-order valence-electron chi connectivity index (χ0n) is 12.5. The van der Waals surface area contributed by atoms with Gasteiger partial charge in [-0.05, 0) is 56.3 Å². The molecule has 0 saturated heterocycles. The van der Waals surface area contributed by atoms with Crippen molar-refractivity contribution in [3.8, 4) is 0 Å². The van der Waals surface area contributed by atoms with E-state index in [9.17, 15) is 0 Å². The van der Waals surface area contributed by atoms with Gasteiger partial charge in [0.05, 0.1) is 6.04 Å². The van der Waals surface area contributed by atoms with Crippen molar-refractivity contribution in [2.75, 3.05) is 6.54 Å². The van der Waals surface area contributed by atoms with Gasteiger partial charge >= 0.3 is 0 Å². The summed E-state index contributed by atoms with van der Waals surface area (Å²) < 4.78 is 0. The predicted molar refractivity (Wildman–Crippen MR) is 88.3 cm³/mol. The molecule has 0 radical (unpaired) electrons. The van der Waals surface area contributed by atoms with Crippen molar-refractivity contribution < 1.29 is 0 Å². The second kappa shape index (κ2) is 8.49. The number of benzene rings is 1. The molecule has 2 heteroatoms. The molecule has 0 aromatic heterocycles. The van der Waals surface area contributed by atoms with E-state index in [2.05, 4.69) is 30.4 Å². The first kappa shape index (κ1) is 15.6. The number of nitrogens with one attached hydrogen (secondary N) is 1. The van der Waals surface area contributed by atoms with Crippen LogP contribution in [0.1, 0.15) is 63.5 Å². The van der Waals surface area contributed by atoms with E-state index in [-0.39, 0.29) is 0 Å². The molecule has 1 unspecified atom stereocenters. The summed E-state index contributed by atoms with van der Waals surface area (Å²) in [6.07, 6.45) is 11.5. The van der Waals surface area contributed by atoms with Crippen LogP contribution in [0.3, 0.4) is 0 Å². The number of hydrogen-bond acceptors (Lipinski definition) is 1. The molecule has 0 bridgehead atoms. The van der Waals surface area contributed by atoms with Gasteiger partial charge in [-0.3, -0.25) is 0 Å². The molecule has 0 saturated carbocycles. The highest BCUT2D eigenvalue weighted by molar-refractivity contribution is 6.30. The average Bonchev–Trinajstić information content (AvgIpc) is 2.42. The summed E-state index contributed by atoms with van der Waals surface area (Å²) in [7, 11) is 0. The summed E-state index contributed by atoms with van der Waals surface area (Å²) in [5, 5.41) is 4.53. The van der Waals surface area contributed by atoms with Crippen molar-refractivity contribution >= 4 is 11.6 Å². The van der Waals surface area contributed by atoms with Crippen LogP contribution in [0.4, 0.5) is 0 Å². The van der Waals surface area contributed by atoms with Crippen molar-refractivity contribution in [3.05, 3.63) is 46.5 Å². The number of halogens is 1. The Bertz CT molecular complexity index is 422. The van der Waals surface area contributed by atoms with E-state index in [0.29, 0.717) is 6.04 Å². The van der Waals surface area contributed by atoms with Gasteiger partial charge in [0.15, 0.2) is 0 Å². The van der Waals surface area contributed by atoms with Gasteiger partial charge in [0.2, 0.25) is 0 Å². The fourth-order valence-corrected chi connectivity index (χ4v) is 3.01. The highest BCUT2D eigenvalue weighted by Crippen LogP contribution is 2.29. The van der Waals surface area contributed by atoms with E-state index in [1.54, 1.807) is 5.57 Å². The lowest BCUT2D eigenvalue weighted by Crippen LogP contribution is -2.24. The van der Waals surface area contributed by atoms with E-state index in [1.807, 2.05) is 12.1 Å². The first-order valence-electron chi connectivity index (χ1n) is 7.99. The summed E-state index contributed by atoms with van der Waals surface area (Å²) in [5.41, 5.74) is 2.91. The molecule has 0 fully saturated rings. The summed E-state index contributed by atoms with van der Waals surface area (Å²) >= 11 is 6.02. The second-order valence-electron chi connectivity index (χ2n) is 5.67. The van der Waals surface area contributed by atoms with E-state index in [0.717, 1.165) is 18.0 Å². The van der Waals surface area contributed by atoms with Gasteiger partial charge in [0.1, 0.15) is 0 Å². The Hall–Kier alpha value is -0.790. The number of hydrogen-bond donors (Lipinski definition) is 1. The minimum atomic E-state index is 0.366. The van der Waals surface area contributed by atoms with Crippen LogP contribution in [-0.4, -0.2) is 6.54 Å². The number of rotatable bonds is 5. The molecular formula is C18H26ClN. The molecule has 1 aliphatic rings. The van der Waals surface area contributed by atoms with Crippen LogP contribution in [0.5, 0.6) is 0 Å². The minimum absolute atomic E-state index is 0.366. The molecule has 1 atom stereocenters. The lowest BCUT2D eigenvalue weighted by Gasteiger charge is -2.24. The van der Waals surface area contributed by atoms with Gasteiger partial charge < -0.3 is 5.32 Å². The van der Waals surface area contributed by atoms with Gasteiger partial charge in [-0.25, -0.2) is 0 Å². The fraction of sp³-hybridized carbons (Fsp3) is 0.556. The molecule has 0 amide bonds. The largest absolute Gasteiger partial charge is 0.307 e. The topological polar surface area (TPSA) is 12.0 Å². The smallest absolute Gasteiger partial charge is 0.0536 e. The van der Waals surface area contributed by atoms with Gasteiger partial charge in [-0.1, -0.05) is 55.1 Å². The van der Waals surface area contributed by atoms with Crippen molar-refractivity contribution in [2.45, 2.75) is 57.9 Å². The van der Waals surface area contributed by atoms with E-state index in [1.165, 1.54) is 44.1 Å². The van der Waals surface area contributed by atoms with Gasteiger partial charge in [-0.15, -0.1) is 0 Å². The Kier molecular flexibility index (Phi) is 6.62. The molecule has 2 rings (SSSR count). The minimum Gasteiger partial charge on any atom is -0.307 e. The number of allylic oxidation sites excluding steroid dienone is 1. The fourth-order valence-electron chi connectivity index (χ4n) is 2.89. The lowest BCUT2D eigenvalue weighted by molar-refractivity contribution is 0.541. The van der Waals surface area contributed by atoms with Crippen LogP contribution in [0.15, 0.2) is 35.9 Å². The van der Waals surface area contributed by atoms with Crippen LogP contribution in [0, 0.1) is 0 Å². The van der Waals surface area contributed by atoms with E-state index in [4.69, 9.17) is 11.6 Å². The Labute approximate surface area is 128 Å². The highest BCUT2D eigenvalue weighted by atomic mass is 35.5. The third-order valence-electron chi connectivity index (χ3n) is 4.00. The monoisotopic (exact) mass is 291 g/mol. The molecule has 0 heterocycles. The normalized spacial score (nSPS) is 20.6. The highest BCUT2D eigenvalue weighted by Gasteiger charge is 2.16. The summed E-state index contributed by atoms with van der Waals surface area (Å²) in [5.74, 6) is 0. The summed E-state index contributed by atoms with van der Waals surface area (Å²) in [6.45, 7) is 3.28. The SMILES string of the molecule is CCCNC(/C1=C/CCCCCC1)c1ccc(Cl)cc1. The molecule has 1 aromatic rings. The summed E-state index contributed by atoms with van der Waals surface area (Å²) in [4.78, 5) is 0. The Balaban J connectivity index is 2.18. The van der Waals surface area contributed by atoms with Crippen LogP contribution < -0.4 is 5.32 Å². The third-order valence-corrected chi connectivity index (χ3v) is 4.25. The van der Waals surface area contributed by atoms with Crippen molar-refractivity contribution in [1.29, 1.82) is 0 Å². The van der Waals surface area contributed by atoms with E-state index >= 15 is 0 Å². The van der Waals surface area contributed by atoms with Gasteiger partial charge in [-0.2, -0.15) is 0 Å².